The molecule has 3 rings (SSSR count). The van der Waals surface area contributed by atoms with Crippen LogP contribution in [0.3, 0.4) is 0 Å². The smallest absolute Gasteiger partial charge is 0.336 e. The number of carbonyl (C=O) groups is 1. The van der Waals surface area contributed by atoms with Gasteiger partial charge in [-0.25, -0.2) is 4.79 Å². The quantitative estimate of drug-likeness (QED) is 0.801. The summed E-state index contributed by atoms with van der Waals surface area (Å²) in [7, 11) is 1.87. The lowest BCUT2D eigenvalue weighted by Gasteiger charge is -2.08. The van der Waals surface area contributed by atoms with Crippen molar-refractivity contribution >= 4 is 28.5 Å². The predicted molar refractivity (Wildman–Crippen MR) is 76.0 cm³/mol. The fraction of sp³-hybridized carbons (Fsp3) is 0.0714. The molecule has 0 aliphatic rings. The summed E-state index contributed by atoms with van der Waals surface area (Å²) in [6.45, 7) is 0. The third kappa shape index (κ3) is 2.14. The molecule has 0 saturated heterocycles. The number of hydrogen-bond acceptors (Lipinski definition) is 4. The first-order valence-electron chi connectivity index (χ1n) is 5.93. The number of aryl methyl sites for hydroxylation is 1. The van der Waals surface area contributed by atoms with Crippen molar-refractivity contribution in [1.82, 2.24) is 14.8 Å². The Morgan fingerprint density at radius 1 is 1.20 bits per heavy atom. The Hall–Kier alpha value is -2.34. The largest absolute Gasteiger partial charge is 0.478 e. The minimum absolute atomic E-state index is 0.308. The molecular weight excluding hydrogens is 274 g/mol. The summed E-state index contributed by atoms with van der Waals surface area (Å²) < 4.78 is 1.82. The van der Waals surface area contributed by atoms with Crippen LogP contribution in [0.4, 0.5) is 0 Å². The molecule has 1 N–H and O–H groups in total. The van der Waals surface area contributed by atoms with E-state index in [4.69, 9.17) is 0 Å². The zero-order valence-corrected chi connectivity index (χ0v) is 11.5. The molecule has 0 spiro atoms. The summed E-state index contributed by atoms with van der Waals surface area (Å²) in [6, 6.07) is 10.9. The third-order valence-electron chi connectivity index (χ3n) is 2.99. The van der Waals surface area contributed by atoms with Crippen molar-refractivity contribution in [2.45, 2.75) is 10.1 Å². The summed E-state index contributed by atoms with van der Waals surface area (Å²) in [4.78, 5) is 12.2. The van der Waals surface area contributed by atoms with Crippen molar-refractivity contribution in [3.8, 4) is 0 Å². The van der Waals surface area contributed by atoms with Gasteiger partial charge in [0.1, 0.15) is 6.33 Å². The zero-order chi connectivity index (χ0) is 14.1. The number of benzene rings is 2. The molecule has 1 heterocycles. The lowest BCUT2D eigenvalue weighted by molar-refractivity contribution is 0.0699. The van der Waals surface area contributed by atoms with Crippen molar-refractivity contribution in [1.29, 1.82) is 0 Å². The van der Waals surface area contributed by atoms with Crippen LogP contribution in [0, 0.1) is 0 Å². The van der Waals surface area contributed by atoms with Crippen molar-refractivity contribution in [2.75, 3.05) is 0 Å². The number of aromatic nitrogens is 3. The topological polar surface area (TPSA) is 68.0 Å². The molecule has 0 saturated carbocycles. The highest BCUT2D eigenvalue weighted by molar-refractivity contribution is 7.99. The first-order valence-corrected chi connectivity index (χ1v) is 6.75. The van der Waals surface area contributed by atoms with Crippen molar-refractivity contribution in [2.24, 2.45) is 7.05 Å². The Labute approximate surface area is 119 Å². The molecule has 5 nitrogen and oxygen atoms in total. The van der Waals surface area contributed by atoms with Gasteiger partial charge >= 0.3 is 5.97 Å². The maximum atomic E-state index is 11.3. The minimum Gasteiger partial charge on any atom is -0.478 e. The maximum Gasteiger partial charge on any atom is 0.336 e. The van der Waals surface area contributed by atoms with E-state index >= 15 is 0 Å². The van der Waals surface area contributed by atoms with E-state index in [9.17, 15) is 9.90 Å². The molecule has 3 aromatic rings. The first-order chi connectivity index (χ1) is 9.66. The second-order valence-electron chi connectivity index (χ2n) is 4.29. The van der Waals surface area contributed by atoms with E-state index in [1.807, 2.05) is 41.9 Å². The van der Waals surface area contributed by atoms with Crippen molar-refractivity contribution in [3.05, 3.63) is 48.3 Å². The lowest BCUT2D eigenvalue weighted by Crippen LogP contribution is -1.98. The molecule has 100 valence electrons. The van der Waals surface area contributed by atoms with E-state index in [1.165, 1.54) is 11.8 Å². The molecule has 6 heteroatoms. The fourth-order valence-electron chi connectivity index (χ4n) is 2.01. The molecule has 0 amide bonds. The Kier molecular flexibility index (Phi) is 3.15. The van der Waals surface area contributed by atoms with Crippen LogP contribution in [0.2, 0.25) is 0 Å². The van der Waals surface area contributed by atoms with Crippen LogP contribution < -0.4 is 0 Å². The highest BCUT2D eigenvalue weighted by Gasteiger charge is 2.13. The van der Waals surface area contributed by atoms with Gasteiger partial charge in [-0.15, -0.1) is 10.2 Å². The van der Waals surface area contributed by atoms with Crippen LogP contribution in [-0.4, -0.2) is 25.8 Å². The van der Waals surface area contributed by atoms with E-state index in [1.54, 1.807) is 12.4 Å². The summed E-state index contributed by atoms with van der Waals surface area (Å²) in [6.07, 6.45) is 1.64. The predicted octanol–water partition coefficient (Wildman–Crippen LogP) is 2.82. The van der Waals surface area contributed by atoms with Gasteiger partial charge in [-0.3, -0.25) is 0 Å². The average Bonchev–Trinajstić information content (AvgIpc) is 2.84. The van der Waals surface area contributed by atoms with E-state index in [2.05, 4.69) is 10.2 Å². The lowest BCUT2D eigenvalue weighted by atomic mass is 10.0. The molecule has 0 radical (unpaired) electrons. The van der Waals surface area contributed by atoms with Gasteiger partial charge in [0.05, 0.1) is 5.56 Å². The van der Waals surface area contributed by atoms with Crippen LogP contribution in [0.15, 0.2) is 52.8 Å². The Morgan fingerprint density at radius 3 is 2.60 bits per heavy atom. The number of carboxylic acid groups (broad SMARTS) is 1. The van der Waals surface area contributed by atoms with Crippen LogP contribution in [-0.2, 0) is 7.05 Å². The van der Waals surface area contributed by atoms with E-state index in [0.717, 1.165) is 20.8 Å². The van der Waals surface area contributed by atoms with Gasteiger partial charge in [-0.2, -0.15) is 0 Å². The zero-order valence-electron chi connectivity index (χ0n) is 10.6. The molecule has 0 aliphatic carbocycles. The van der Waals surface area contributed by atoms with E-state index < -0.39 is 5.97 Å². The number of carboxylic acids is 1. The summed E-state index contributed by atoms with van der Waals surface area (Å²) in [5.74, 6) is -0.920. The van der Waals surface area contributed by atoms with Crippen LogP contribution in [0.1, 0.15) is 10.4 Å². The molecule has 20 heavy (non-hydrogen) atoms. The van der Waals surface area contributed by atoms with Crippen LogP contribution >= 0.6 is 11.8 Å². The van der Waals surface area contributed by atoms with Crippen molar-refractivity contribution < 1.29 is 9.90 Å². The Morgan fingerprint density at radius 2 is 1.95 bits per heavy atom. The first kappa shape index (κ1) is 12.7. The molecule has 2 aromatic carbocycles. The standard InChI is InChI=1S/C14H11N3O2S/c1-17-8-15-16-14(17)20-12-7-6-11(13(18)19)9-4-2-3-5-10(9)12/h2-8H,1H3,(H,18,19). The number of hydrogen-bond donors (Lipinski definition) is 1. The second-order valence-corrected chi connectivity index (χ2v) is 5.30. The SMILES string of the molecule is Cn1cnnc1Sc1ccc(C(=O)O)c2ccccc12. The van der Waals surface area contributed by atoms with Gasteiger partial charge in [0, 0.05) is 11.9 Å². The number of nitrogens with zero attached hydrogens (tertiary/aromatic N) is 3. The number of rotatable bonds is 3. The molecular formula is C14H11N3O2S. The highest BCUT2D eigenvalue weighted by atomic mass is 32.2. The van der Waals surface area contributed by atoms with Gasteiger partial charge in [0.25, 0.3) is 0 Å². The summed E-state index contributed by atoms with van der Waals surface area (Å²) in [5, 5.41) is 19.5. The van der Waals surface area contributed by atoms with Crippen LogP contribution in [0.25, 0.3) is 10.8 Å². The summed E-state index contributed by atoms with van der Waals surface area (Å²) in [5.41, 5.74) is 0.308. The van der Waals surface area contributed by atoms with Gasteiger partial charge in [-0.05, 0) is 34.7 Å². The van der Waals surface area contributed by atoms with Crippen LogP contribution in [0.5, 0.6) is 0 Å². The van der Waals surface area contributed by atoms with Gasteiger partial charge in [0.2, 0.25) is 0 Å². The average molecular weight is 285 g/mol. The minimum atomic E-state index is -0.920. The molecule has 1 aromatic heterocycles. The van der Waals surface area contributed by atoms with Crippen molar-refractivity contribution in [3.63, 3.8) is 0 Å². The third-order valence-corrected chi connectivity index (χ3v) is 4.11. The normalized spacial score (nSPS) is 10.8. The number of fused-ring (bicyclic) bond motifs is 1. The Balaban J connectivity index is 2.15. The second kappa shape index (κ2) is 4.97. The highest BCUT2D eigenvalue weighted by Crippen LogP contribution is 2.33. The van der Waals surface area contributed by atoms with Gasteiger partial charge < -0.3 is 9.67 Å². The van der Waals surface area contributed by atoms with E-state index in [0.29, 0.717) is 5.56 Å². The Bertz CT molecular complexity index is 798. The maximum absolute atomic E-state index is 11.3. The fourth-order valence-corrected chi connectivity index (χ4v) is 2.91. The summed E-state index contributed by atoms with van der Waals surface area (Å²) >= 11 is 1.47. The monoisotopic (exact) mass is 285 g/mol. The van der Waals surface area contributed by atoms with Gasteiger partial charge in [-0.1, -0.05) is 24.3 Å². The molecule has 0 aliphatic heterocycles. The van der Waals surface area contributed by atoms with Gasteiger partial charge in [0.15, 0.2) is 5.16 Å². The molecule has 0 atom stereocenters. The number of aromatic carboxylic acids is 1. The molecule has 0 bridgehead atoms. The molecule has 0 fully saturated rings. The van der Waals surface area contributed by atoms with E-state index in [-0.39, 0.29) is 0 Å². The molecule has 0 unspecified atom stereocenters.